The number of methoxy groups -OCH3 is 1. The third-order valence-electron chi connectivity index (χ3n) is 4.49. The van der Waals surface area contributed by atoms with Crippen molar-refractivity contribution in [3.05, 3.63) is 83.9 Å². The average Bonchev–Trinajstić information content (AvgIpc) is 3.25. The van der Waals surface area contributed by atoms with Crippen molar-refractivity contribution in [2.75, 3.05) is 19.2 Å². The van der Waals surface area contributed by atoms with Gasteiger partial charge in [-0.3, -0.25) is 4.79 Å². The Kier molecular flexibility index (Phi) is 5.85. The van der Waals surface area contributed by atoms with Crippen LogP contribution in [-0.2, 0) is 11.4 Å². The second-order valence-corrected chi connectivity index (χ2v) is 6.58. The fourth-order valence-corrected chi connectivity index (χ4v) is 2.97. The van der Waals surface area contributed by atoms with Crippen LogP contribution in [0.15, 0.2) is 72.8 Å². The molecule has 0 bridgehead atoms. The van der Waals surface area contributed by atoms with Gasteiger partial charge in [-0.1, -0.05) is 36.4 Å². The maximum absolute atomic E-state index is 12.2. The van der Waals surface area contributed by atoms with E-state index in [1.165, 1.54) is 6.08 Å². The van der Waals surface area contributed by atoms with Crippen molar-refractivity contribution in [2.24, 2.45) is 0 Å². The number of fused-ring (bicyclic) bond motifs is 1. The van der Waals surface area contributed by atoms with Gasteiger partial charge in [0.1, 0.15) is 6.61 Å². The first kappa shape index (κ1) is 19.4. The number of benzene rings is 3. The van der Waals surface area contributed by atoms with Gasteiger partial charge in [0.2, 0.25) is 12.7 Å². The summed E-state index contributed by atoms with van der Waals surface area (Å²) in [5.74, 6) is 2.28. The molecular weight excluding hydrogens is 382 g/mol. The molecule has 0 fully saturated rings. The lowest BCUT2D eigenvalue weighted by atomic mass is 10.2. The molecular formula is C24H21NO5. The van der Waals surface area contributed by atoms with E-state index in [0.717, 1.165) is 11.1 Å². The summed E-state index contributed by atoms with van der Waals surface area (Å²) in [6, 6.07) is 20.7. The summed E-state index contributed by atoms with van der Waals surface area (Å²) in [5, 5.41) is 2.80. The van der Waals surface area contributed by atoms with Gasteiger partial charge in [0, 0.05) is 17.8 Å². The molecule has 6 heteroatoms. The second-order valence-electron chi connectivity index (χ2n) is 6.58. The first-order valence-electron chi connectivity index (χ1n) is 9.45. The molecule has 3 aromatic rings. The van der Waals surface area contributed by atoms with Gasteiger partial charge >= 0.3 is 0 Å². The van der Waals surface area contributed by atoms with Crippen LogP contribution in [0.2, 0.25) is 0 Å². The predicted octanol–water partition coefficient (Wildman–Crippen LogP) is 4.65. The number of hydrogen-bond acceptors (Lipinski definition) is 5. The van der Waals surface area contributed by atoms with Crippen LogP contribution in [-0.4, -0.2) is 19.8 Å². The zero-order chi connectivity index (χ0) is 20.8. The van der Waals surface area contributed by atoms with Gasteiger partial charge in [0.05, 0.1) is 7.11 Å². The Morgan fingerprint density at radius 1 is 1.00 bits per heavy atom. The zero-order valence-corrected chi connectivity index (χ0v) is 16.5. The van der Waals surface area contributed by atoms with Gasteiger partial charge in [-0.25, -0.2) is 0 Å². The number of rotatable bonds is 7. The van der Waals surface area contributed by atoms with Gasteiger partial charge in [-0.05, 0) is 41.5 Å². The first-order valence-corrected chi connectivity index (χ1v) is 9.45. The van der Waals surface area contributed by atoms with E-state index in [0.29, 0.717) is 35.3 Å². The Hall–Kier alpha value is -3.93. The van der Waals surface area contributed by atoms with E-state index in [4.69, 9.17) is 18.9 Å². The summed E-state index contributed by atoms with van der Waals surface area (Å²) in [6.07, 6.45) is 3.18. The molecule has 4 rings (SSSR count). The van der Waals surface area contributed by atoms with Gasteiger partial charge < -0.3 is 24.3 Å². The van der Waals surface area contributed by atoms with Gasteiger partial charge in [0.15, 0.2) is 23.0 Å². The largest absolute Gasteiger partial charge is 0.493 e. The Balaban J connectivity index is 1.38. The number of nitrogens with one attached hydrogen (secondary N) is 1. The van der Waals surface area contributed by atoms with Gasteiger partial charge in [0.25, 0.3) is 0 Å². The Morgan fingerprint density at radius 3 is 2.67 bits per heavy atom. The lowest BCUT2D eigenvalue weighted by Gasteiger charge is -2.11. The van der Waals surface area contributed by atoms with E-state index in [9.17, 15) is 4.79 Å². The lowest BCUT2D eigenvalue weighted by Crippen LogP contribution is -2.07. The summed E-state index contributed by atoms with van der Waals surface area (Å²) in [6.45, 7) is 0.643. The van der Waals surface area contributed by atoms with Gasteiger partial charge in [-0.15, -0.1) is 0 Å². The van der Waals surface area contributed by atoms with E-state index in [2.05, 4.69) is 5.32 Å². The molecule has 0 aliphatic carbocycles. The number of anilines is 1. The minimum absolute atomic E-state index is 0.194. The van der Waals surface area contributed by atoms with E-state index < -0.39 is 0 Å². The van der Waals surface area contributed by atoms with Crippen LogP contribution >= 0.6 is 0 Å². The zero-order valence-electron chi connectivity index (χ0n) is 16.5. The molecule has 0 aromatic heterocycles. The highest BCUT2D eigenvalue weighted by Crippen LogP contribution is 2.34. The Labute approximate surface area is 174 Å². The second kappa shape index (κ2) is 9.05. The summed E-state index contributed by atoms with van der Waals surface area (Å²) in [4.78, 5) is 12.2. The van der Waals surface area contributed by atoms with Crippen LogP contribution in [0.3, 0.4) is 0 Å². The van der Waals surface area contributed by atoms with Crippen LogP contribution in [0.5, 0.6) is 23.0 Å². The van der Waals surface area contributed by atoms with E-state index >= 15 is 0 Å². The van der Waals surface area contributed by atoms with Crippen molar-refractivity contribution in [1.29, 1.82) is 0 Å². The van der Waals surface area contributed by atoms with Crippen LogP contribution < -0.4 is 24.3 Å². The van der Waals surface area contributed by atoms with Crippen LogP contribution in [0.25, 0.3) is 6.08 Å². The molecule has 1 amide bonds. The minimum atomic E-state index is -0.253. The molecule has 6 nitrogen and oxygen atoms in total. The fourth-order valence-electron chi connectivity index (χ4n) is 2.97. The molecule has 1 aliphatic rings. The molecule has 0 saturated heterocycles. The SMILES string of the molecule is COc1cc(C=CC(=O)Nc2ccc3c(c2)OCO3)ccc1OCc1ccccc1. The Bertz CT molecular complexity index is 1060. The molecule has 1 heterocycles. The number of carbonyl (C=O) groups is 1. The Morgan fingerprint density at radius 2 is 1.83 bits per heavy atom. The van der Waals surface area contributed by atoms with Crippen LogP contribution in [0, 0.1) is 0 Å². The monoisotopic (exact) mass is 403 g/mol. The smallest absolute Gasteiger partial charge is 0.248 e. The maximum Gasteiger partial charge on any atom is 0.248 e. The van der Waals surface area contributed by atoms with E-state index in [1.807, 2.05) is 48.5 Å². The van der Waals surface area contributed by atoms with Gasteiger partial charge in [-0.2, -0.15) is 0 Å². The van der Waals surface area contributed by atoms with Crippen molar-refractivity contribution in [3.63, 3.8) is 0 Å². The number of carbonyl (C=O) groups excluding carboxylic acids is 1. The molecule has 3 aromatic carbocycles. The topological polar surface area (TPSA) is 66.0 Å². The van der Waals surface area contributed by atoms with Crippen molar-refractivity contribution in [3.8, 4) is 23.0 Å². The highest BCUT2D eigenvalue weighted by atomic mass is 16.7. The molecule has 0 radical (unpaired) electrons. The standard InChI is InChI=1S/C24H21NO5/c1-27-22-13-17(7-10-20(22)28-15-18-5-3-2-4-6-18)8-12-24(26)25-19-9-11-21-23(14-19)30-16-29-21/h2-14H,15-16H2,1H3,(H,25,26). The summed E-state index contributed by atoms with van der Waals surface area (Å²) in [5.41, 5.74) is 2.53. The normalized spacial score (nSPS) is 12.0. The highest BCUT2D eigenvalue weighted by molar-refractivity contribution is 6.02. The molecule has 152 valence electrons. The van der Waals surface area contributed by atoms with Crippen molar-refractivity contribution in [2.45, 2.75) is 6.61 Å². The van der Waals surface area contributed by atoms with E-state index in [-0.39, 0.29) is 12.7 Å². The lowest BCUT2D eigenvalue weighted by molar-refractivity contribution is -0.111. The number of ether oxygens (including phenoxy) is 4. The third-order valence-corrected chi connectivity index (χ3v) is 4.49. The third kappa shape index (κ3) is 4.72. The number of hydrogen-bond donors (Lipinski definition) is 1. The quantitative estimate of drug-likeness (QED) is 0.582. The van der Waals surface area contributed by atoms with Crippen molar-refractivity contribution < 1.29 is 23.7 Å². The van der Waals surface area contributed by atoms with E-state index in [1.54, 1.807) is 31.4 Å². The molecule has 1 N–H and O–H groups in total. The molecule has 0 atom stereocenters. The molecule has 1 aliphatic heterocycles. The van der Waals surface area contributed by atoms with Crippen LogP contribution in [0.4, 0.5) is 5.69 Å². The fraction of sp³-hybridized carbons (Fsp3) is 0.125. The predicted molar refractivity (Wildman–Crippen MR) is 114 cm³/mol. The summed E-state index contributed by atoms with van der Waals surface area (Å²) < 4.78 is 21.9. The van der Waals surface area contributed by atoms with Crippen LogP contribution in [0.1, 0.15) is 11.1 Å². The first-order chi connectivity index (χ1) is 14.7. The summed E-state index contributed by atoms with van der Waals surface area (Å²) >= 11 is 0. The molecule has 30 heavy (non-hydrogen) atoms. The van der Waals surface area contributed by atoms with Crippen molar-refractivity contribution in [1.82, 2.24) is 0 Å². The minimum Gasteiger partial charge on any atom is -0.493 e. The molecule has 0 saturated carbocycles. The molecule has 0 spiro atoms. The average molecular weight is 403 g/mol. The number of amides is 1. The van der Waals surface area contributed by atoms with Crippen molar-refractivity contribution >= 4 is 17.7 Å². The maximum atomic E-state index is 12.2. The molecule has 0 unspecified atom stereocenters. The summed E-state index contributed by atoms with van der Waals surface area (Å²) in [7, 11) is 1.59. The highest BCUT2D eigenvalue weighted by Gasteiger charge is 2.13.